The number of ether oxygens (including phenoxy) is 2. The quantitative estimate of drug-likeness (QED) is 0.826. The van der Waals surface area contributed by atoms with Gasteiger partial charge in [0.1, 0.15) is 19.0 Å². The van der Waals surface area contributed by atoms with Gasteiger partial charge in [-0.15, -0.1) is 0 Å². The van der Waals surface area contributed by atoms with Crippen LogP contribution in [0.3, 0.4) is 0 Å². The van der Waals surface area contributed by atoms with Crippen molar-refractivity contribution in [2.45, 2.75) is 26.8 Å². The van der Waals surface area contributed by atoms with Crippen molar-refractivity contribution in [1.82, 2.24) is 10.3 Å². The second-order valence-corrected chi connectivity index (χ2v) is 6.35. The Labute approximate surface area is 147 Å². The minimum absolute atomic E-state index is 0.177. The van der Waals surface area contributed by atoms with Crippen molar-refractivity contribution in [3.63, 3.8) is 0 Å². The van der Waals surface area contributed by atoms with Crippen LogP contribution in [0.25, 0.3) is 0 Å². The van der Waals surface area contributed by atoms with Crippen molar-refractivity contribution in [2.75, 3.05) is 18.5 Å². The van der Waals surface area contributed by atoms with Gasteiger partial charge in [0.05, 0.1) is 11.7 Å². The molecule has 0 radical (unpaired) electrons. The predicted octanol–water partition coefficient (Wildman–Crippen LogP) is 3.71. The Hall–Kier alpha value is -2.22. The summed E-state index contributed by atoms with van der Waals surface area (Å²) in [5.41, 5.74) is 1.63. The number of benzene rings is 1. The van der Waals surface area contributed by atoms with Crippen LogP contribution in [0.5, 0.6) is 11.5 Å². The standard InChI is InChI=1S/C16H18BrN3O4/c1-8-10(3)24-16(19-8)20-15(21)18-9(2)11-6-13-14(7-12(11)17)23-5-4-22-13/h6-7,9H,4-5H2,1-3H3,(H2,18,19,20,21). The minimum Gasteiger partial charge on any atom is -0.486 e. The van der Waals surface area contributed by atoms with E-state index in [-0.39, 0.29) is 12.1 Å². The van der Waals surface area contributed by atoms with Gasteiger partial charge >= 0.3 is 12.0 Å². The highest BCUT2D eigenvalue weighted by molar-refractivity contribution is 9.10. The highest BCUT2D eigenvalue weighted by Crippen LogP contribution is 2.37. The fourth-order valence-electron chi connectivity index (χ4n) is 2.35. The first-order valence-electron chi connectivity index (χ1n) is 7.54. The van der Waals surface area contributed by atoms with Gasteiger partial charge in [0.15, 0.2) is 11.5 Å². The summed E-state index contributed by atoms with van der Waals surface area (Å²) in [6.07, 6.45) is 0. The van der Waals surface area contributed by atoms with Gasteiger partial charge in [-0.3, -0.25) is 5.32 Å². The molecule has 2 N–H and O–H groups in total. The van der Waals surface area contributed by atoms with E-state index in [2.05, 4.69) is 31.5 Å². The number of aryl methyl sites for hydroxylation is 2. The molecule has 1 aliphatic rings. The van der Waals surface area contributed by atoms with Crippen molar-refractivity contribution in [3.8, 4) is 11.5 Å². The van der Waals surface area contributed by atoms with Crippen LogP contribution in [0.2, 0.25) is 0 Å². The fraction of sp³-hybridized carbons (Fsp3) is 0.375. The molecular formula is C16H18BrN3O4. The number of rotatable bonds is 3. The van der Waals surface area contributed by atoms with Crippen molar-refractivity contribution in [2.24, 2.45) is 0 Å². The second-order valence-electron chi connectivity index (χ2n) is 5.50. The van der Waals surface area contributed by atoms with Crippen LogP contribution in [0, 0.1) is 13.8 Å². The van der Waals surface area contributed by atoms with E-state index in [9.17, 15) is 4.79 Å². The summed E-state index contributed by atoms with van der Waals surface area (Å²) in [7, 11) is 0. The Morgan fingerprint density at radius 2 is 1.92 bits per heavy atom. The molecule has 0 bridgehead atoms. The third-order valence-electron chi connectivity index (χ3n) is 3.72. The van der Waals surface area contributed by atoms with Crippen molar-refractivity contribution >= 4 is 28.0 Å². The number of hydrogen-bond acceptors (Lipinski definition) is 5. The van der Waals surface area contributed by atoms with Gasteiger partial charge in [-0.2, -0.15) is 4.98 Å². The van der Waals surface area contributed by atoms with Gasteiger partial charge in [-0.05, 0) is 38.5 Å². The van der Waals surface area contributed by atoms with E-state index >= 15 is 0 Å². The lowest BCUT2D eigenvalue weighted by Gasteiger charge is -2.22. The lowest BCUT2D eigenvalue weighted by Crippen LogP contribution is -2.31. The Bertz CT molecular complexity index is 755. The molecule has 1 atom stereocenters. The first-order valence-corrected chi connectivity index (χ1v) is 8.34. The van der Waals surface area contributed by atoms with Crippen LogP contribution in [0.1, 0.15) is 30.0 Å². The Morgan fingerprint density at radius 1 is 1.25 bits per heavy atom. The van der Waals surface area contributed by atoms with Gasteiger partial charge in [-0.25, -0.2) is 4.79 Å². The molecular weight excluding hydrogens is 378 g/mol. The maximum atomic E-state index is 12.1. The Kier molecular flexibility index (Phi) is 4.66. The van der Waals surface area contributed by atoms with Crippen LogP contribution in [-0.2, 0) is 0 Å². The largest absolute Gasteiger partial charge is 0.486 e. The average molecular weight is 396 g/mol. The maximum Gasteiger partial charge on any atom is 0.323 e. The number of hydrogen-bond donors (Lipinski definition) is 2. The minimum atomic E-state index is -0.398. The molecule has 1 aliphatic heterocycles. The zero-order chi connectivity index (χ0) is 17.3. The molecule has 3 rings (SSSR count). The molecule has 0 aliphatic carbocycles. The van der Waals surface area contributed by atoms with Crippen molar-refractivity contribution in [3.05, 3.63) is 33.6 Å². The maximum absolute atomic E-state index is 12.1. The van der Waals surface area contributed by atoms with Gasteiger partial charge in [0.2, 0.25) is 0 Å². The summed E-state index contributed by atoms with van der Waals surface area (Å²) < 4.78 is 17.3. The van der Waals surface area contributed by atoms with Crippen LogP contribution in [-0.4, -0.2) is 24.2 Å². The summed E-state index contributed by atoms with van der Waals surface area (Å²) >= 11 is 3.51. The molecule has 1 aromatic carbocycles. The highest BCUT2D eigenvalue weighted by Gasteiger charge is 2.20. The van der Waals surface area contributed by atoms with Gasteiger partial charge in [0.25, 0.3) is 0 Å². The average Bonchev–Trinajstić information content (AvgIpc) is 2.84. The number of nitrogens with one attached hydrogen (secondary N) is 2. The first kappa shape index (κ1) is 16.6. The molecule has 2 heterocycles. The number of urea groups is 1. The van der Waals surface area contributed by atoms with E-state index in [1.165, 1.54) is 0 Å². The number of amides is 2. The van der Waals surface area contributed by atoms with E-state index in [1.807, 2.05) is 26.0 Å². The summed E-state index contributed by atoms with van der Waals surface area (Å²) in [6, 6.07) is 3.23. The zero-order valence-corrected chi connectivity index (χ0v) is 15.2. The Morgan fingerprint density at radius 3 is 2.54 bits per heavy atom. The third kappa shape index (κ3) is 3.48. The second kappa shape index (κ2) is 6.72. The van der Waals surface area contributed by atoms with E-state index in [1.54, 1.807) is 6.92 Å². The number of aromatic nitrogens is 1. The summed E-state index contributed by atoms with van der Waals surface area (Å²) in [4.78, 5) is 16.2. The third-order valence-corrected chi connectivity index (χ3v) is 4.41. The molecule has 0 saturated heterocycles. The van der Waals surface area contributed by atoms with Crippen LogP contribution >= 0.6 is 15.9 Å². The molecule has 128 valence electrons. The predicted molar refractivity (Wildman–Crippen MR) is 91.7 cm³/mol. The molecule has 2 aromatic rings. The van der Waals surface area contributed by atoms with Gasteiger partial charge in [0, 0.05) is 4.47 Å². The molecule has 1 aromatic heterocycles. The molecule has 24 heavy (non-hydrogen) atoms. The van der Waals surface area contributed by atoms with E-state index < -0.39 is 6.03 Å². The summed E-state index contributed by atoms with van der Waals surface area (Å²) in [6.45, 7) is 6.53. The van der Waals surface area contributed by atoms with Gasteiger partial charge in [-0.1, -0.05) is 15.9 Å². The number of carbonyl (C=O) groups is 1. The van der Waals surface area contributed by atoms with Crippen LogP contribution in [0.15, 0.2) is 21.0 Å². The number of nitrogens with zero attached hydrogens (tertiary/aromatic N) is 1. The van der Waals surface area contributed by atoms with Gasteiger partial charge < -0.3 is 19.2 Å². The molecule has 1 unspecified atom stereocenters. The van der Waals surface area contributed by atoms with Crippen molar-refractivity contribution < 1.29 is 18.7 Å². The van der Waals surface area contributed by atoms with Crippen molar-refractivity contribution in [1.29, 1.82) is 0 Å². The molecule has 0 fully saturated rings. The molecule has 7 nitrogen and oxygen atoms in total. The number of oxazole rings is 1. The van der Waals surface area contributed by atoms with E-state index in [0.717, 1.165) is 15.7 Å². The number of fused-ring (bicyclic) bond motifs is 1. The highest BCUT2D eigenvalue weighted by atomic mass is 79.9. The SMILES string of the molecule is Cc1nc(NC(=O)NC(C)c2cc3c(cc2Br)OCCO3)oc1C. The number of carbonyl (C=O) groups excluding carboxylic acids is 1. The van der Waals surface area contributed by atoms with Crippen LogP contribution in [0.4, 0.5) is 10.8 Å². The van der Waals surface area contributed by atoms with E-state index in [4.69, 9.17) is 13.9 Å². The molecule has 0 saturated carbocycles. The number of anilines is 1. The van der Waals surface area contributed by atoms with Crippen LogP contribution < -0.4 is 20.1 Å². The smallest absolute Gasteiger partial charge is 0.323 e. The topological polar surface area (TPSA) is 85.6 Å². The van der Waals surface area contributed by atoms with E-state index in [0.29, 0.717) is 30.5 Å². The summed E-state index contributed by atoms with van der Waals surface area (Å²) in [5, 5.41) is 5.43. The lowest BCUT2D eigenvalue weighted by atomic mass is 10.1. The lowest BCUT2D eigenvalue weighted by molar-refractivity contribution is 0.171. The normalized spacial score (nSPS) is 14.2. The zero-order valence-electron chi connectivity index (χ0n) is 13.6. The monoisotopic (exact) mass is 395 g/mol. The molecule has 2 amide bonds. The number of halogens is 1. The Balaban J connectivity index is 1.70. The molecule has 8 heteroatoms. The molecule has 0 spiro atoms. The first-order chi connectivity index (χ1) is 11.4. The summed E-state index contributed by atoms with van der Waals surface area (Å²) in [5.74, 6) is 2.04. The fourth-order valence-corrected chi connectivity index (χ4v) is 3.01.